The molecule has 0 amide bonds. The third-order valence-corrected chi connectivity index (χ3v) is 5.37. The number of fused-ring (bicyclic) bond motifs is 1. The van der Waals surface area contributed by atoms with Crippen LogP contribution in [0.3, 0.4) is 0 Å². The molecule has 25 heavy (non-hydrogen) atoms. The monoisotopic (exact) mass is 334 g/mol. The fourth-order valence-electron chi connectivity index (χ4n) is 4.10. The normalized spacial score (nSPS) is 23.8. The minimum absolute atomic E-state index is 0.150. The number of nitrogens with zero attached hydrogens (tertiary/aromatic N) is 4. The maximum absolute atomic E-state index is 10.7. The fraction of sp³-hybridized carbons (Fsp3) is 0.400. The predicted octanol–water partition coefficient (Wildman–Crippen LogP) is 2.12. The van der Waals surface area contributed by atoms with E-state index in [-0.39, 0.29) is 6.04 Å². The van der Waals surface area contributed by atoms with Crippen molar-refractivity contribution >= 4 is 5.82 Å². The van der Waals surface area contributed by atoms with E-state index in [2.05, 4.69) is 26.9 Å². The van der Waals surface area contributed by atoms with Crippen molar-refractivity contribution in [2.45, 2.75) is 25.0 Å². The second-order valence-electron chi connectivity index (χ2n) is 6.78. The molecule has 0 bridgehead atoms. The Morgan fingerprint density at radius 3 is 2.80 bits per heavy atom. The first-order chi connectivity index (χ1) is 12.3. The van der Waals surface area contributed by atoms with Crippen molar-refractivity contribution in [3.8, 4) is 6.07 Å². The molecule has 2 atom stereocenters. The maximum atomic E-state index is 10.7. The molecular weight excluding hydrogens is 312 g/mol. The summed E-state index contributed by atoms with van der Waals surface area (Å²) < 4.78 is 0. The van der Waals surface area contributed by atoms with Gasteiger partial charge in [0.2, 0.25) is 0 Å². The van der Waals surface area contributed by atoms with Crippen LogP contribution in [0, 0.1) is 11.3 Å². The van der Waals surface area contributed by atoms with Crippen molar-refractivity contribution in [2.75, 3.05) is 31.1 Å². The van der Waals surface area contributed by atoms with Crippen LogP contribution in [0.2, 0.25) is 0 Å². The van der Waals surface area contributed by atoms with E-state index in [4.69, 9.17) is 0 Å². The minimum atomic E-state index is -0.410. The van der Waals surface area contributed by atoms with Gasteiger partial charge in [0.15, 0.2) is 0 Å². The number of nitriles is 1. The summed E-state index contributed by atoms with van der Waals surface area (Å²) in [5, 5.41) is 20.1. The van der Waals surface area contributed by atoms with Crippen LogP contribution in [0.5, 0.6) is 0 Å². The van der Waals surface area contributed by atoms with Crippen molar-refractivity contribution in [1.82, 2.24) is 9.88 Å². The second-order valence-corrected chi connectivity index (χ2v) is 6.78. The number of pyridine rings is 1. The van der Waals surface area contributed by atoms with Crippen molar-refractivity contribution in [3.05, 3.63) is 59.3 Å². The number of aliphatic hydroxyl groups is 1. The highest BCUT2D eigenvalue weighted by Crippen LogP contribution is 2.34. The molecule has 2 aromatic rings. The average Bonchev–Trinajstić information content (AvgIpc) is 2.84. The highest BCUT2D eigenvalue weighted by Gasteiger charge is 2.35. The van der Waals surface area contributed by atoms with E-state index in [9.17, 15) is 10.4 Å². The summed E-state index contributed by atoms with van der Waals surface area (Å²) in [5.74, 6) is 0.780. The topological polar surface area (TPSA) is 63.4 Å². The minimum Gasteiger partial charge on any atom is -0.387 e. The quantitative estimate of drug-likeness (QED) is 0.911. The Labute approximate surface area is 148 Å². The molecule has 128 valence electrons. The van der Waals surface area contributed by atoms with E-state index < -0.39 is 6.10 Å². The van der Waals surface area contributed by atoms with E-state index in [1.165, 1.54) is 5.56 Å². The molecule has 0 spiro atoms. The van der Waals surface area contributed by atoms with Crippen LogP contribution in [0.1, 0.15) is 29.2 Å². The van der Waals surface area contributed by atoms with Crippen molar-refractivity contribution in [2.24, 2.45) is 0 Å². The third kappa shape index (κ3) is 2.99. The summed E-state index contributed by atoms with van der Waals surface area (Å²) in [6.07, 6.45) is 3.24. The van der Waals surface area contributed by atoms with Crippen LogP contribution in [-0.4, -0.2) is 47.2 Å². The van der Waals surface area contributed by atoms with Crippen molar-refractivity contribution in [3.63, 3.8) is 0 Å². The molecule has 1 saturated heterocycles. The molecule has 1 N–H and O–H groups in total. The summed E-state index contributed by atoms with van der Waals surface area (Å²) in [5.41, 5.74) is 2.96. The lowest BCUT2D eigenvalue weighted by Crippen LogP contribution is -2.41. The fourth-order valence-corrected chi connectivity index (χ4v) is 4.10. The van der Waals surface area contributed by atoms with E-state index in [1.54, 1.807) is 12.3 Å². The summed E-state index contributed by atoms with van der Waals surface area (Å²) in [7, 11) is 0. The largest absolute Gasteiger partial charge is 0.387 e. The van der Waals surface area contributed by atoms with Gasteiger partial charge in [0.05, 0.1) is 11.7 Å². The van der Waals surface area contributed by atoms with Gasteiger partial charge in [-0.1, -0.05) is 24.3 Å². The molecule has 2 aliphatic rings. The standard InChI is InChI=1S/C20H22N4O/c21-14-16-6-3-8-22-20(16)24-10-4-9-23(11-12-24)18-13-15-5-1-2-7-17(15)19(18)25/h1-3,5-8,18-19,25H,4,9-13H2/t18-,19-/m0/s1. The Balaban J connectivity index is 1.49. The Bertz CT molecular complexity index is 800. The zero-order valence-electron chi connectivity index (χ0n) is 14.2. The molecule has 1 fully saturated rings. The number of rotatable bonds is 2. The van der Waals surface area contributed by atoms with Crippen LogP contribution in [-0.2, 0) is 6.42 Å². The highest BCUT2D eigenvalue weighted by atomic mass is 16.3. The molecule has 1 aliphatic heterocycles. The van der Waals surface area contributed by atoms with Gasteiger partial charge in [0.1, 0.15) is 11.9 Å². The first-order valence-corrected chi connectivity index (χ1v) is 8.88. The van der Waals surface area contributed by atoms with E-state index in [1.807, 2.05) is 24.3 Å². The Morgan fingerprint density at radius 1 is 1.08 bits per heavy atom. The van der Waals surface area contributed by atoms with Gasteiger partial charge in [-0.05, 0) is 36.1 Å². The molecule has 1 aromatic carbocycles. The Morgan fingerprint density at radius 2 is 1.96 bits per heavy atom. The van der Waals surface area contributed by atoms with E-state index in [0.717, 1.165) is 50.4 Å². The maximum Gasteiger partial charge on any atom is 0.146 e. The number of anilines is 1. The third-order valence-electron chi connectivity index (χ3n) is 5.37. The summed E-state index contributed by atoms with van der Waals surface area (Å²) >= 11 is 0. The van der Waals surface area contributed by atoms with Crippen LogP contribution in [0.15, 0.2) is 42.6 Å². The van der Waals surface area contributed by atoms with Crippen LogP contribution >= 0.6 is 0 Å². The van der Waals surface area contributed by atoms with Gasteiger partial charge in [-0.15, -0.1) is 0 Å². The molecule has 0 unspecified atom stereocenters. The van der Waals surface area contributed by atoms with Gasteiger partial charge in [-0.25, -0.2) is 4.98 Å². The number of aliphatic hydroxyl groups excluding tert-OH is 1. The predicted molar refractivity (Wildman–Crippen MR) is 96.2 cm³/mol. The van der Waals surface area contributed by atoms with Gasteiger partial charge >= 0.3 is 0 Å². The number of aromatic nitrogens is 1. The SMILES string of the molecule is N#Cc1cccnc1N1CCCN([C@H]2Cc3ccccc3[C@@H]2O)CC1. The van der Waals surface area contributed by atoms with Crippen molar-refractivity contribution < 1.29 is 5.11 Å². The molecule has 2 heterocycles. The van der Waals surface area contributed by atoms with E-state index >= 15 is 0 Å². The second kappa shape index (κ2) is 6.83. The van der Waals surface area contributed by atoms with E-state index in [0.29, 0.717) is 5.56 Å². The Kier molecular flexibility index (Phi) is 4.39. The average molecular weight is 334 g/mol. The molecule has 5 nitrogen and oxygen atoms in total. The summed E-state index contributed by atoms with van der Waals surface area (Å²) in [4.78, 5) is 9.02. The van der Waals surface area contributed by atoms with Crippen molar-refractivity contribution in [1.29, 1.82) is 5.26 Å². The molecular formula is C20H22N4O. The number of hydrogen-bond acceptors (Lipinski definition) is 5. The molecule has 1 aromatic heterocycles. The van der Waals surface area contributed by atoms with Gasteiger partial charge in [0.25, 0.3) is 0 Å². The molecule has 1 aliphatic carbocycles. The first kappa shape index (κ1) is 16.1. The summed E-state index contributed by atoms with van der Waals surface area (Å²) in [6.45, 7) is 3.54. The van der Waals surface area contributed by atoms with Crippen LogP contribution in [0.25, 0.3) is 0 Å². The van der Waals surface area contributed by atoms with Crippen LogP contribution < -0.4 is 4.90 Å². The molecule has 5 heteroatoms. The number of hydrogen-bond donors (Lipinski definition) is 1. The smallest absolute Gasteiger partial charge is 0.146 e. The first-order valence-electron chi connectivity index (χ1n) is 8.88. The van der Waals surface area contributed by atoms with Crippen LogP contribution in [0.4, 0.5) is 5.82 Å². The number of benzene rings is 1. The lowest BCUT2D eigenvalue weighted by atomic mass is 10.1. The highest BCUT2D eigenvalue weighted by molar-refractivity contribution is 5.53. The molecule has 0 saturated carbocycles. The lowest BCUT2D eigenvalue weighted by molar-refractivity contribution is 0.0647. The lowest BCUT2D eigenvalue weighted by Gasteiger charge is -2.30. The molecule has 0 radical (unpaired) electrons. The van der Waals surface area contributed by atoms with Gasteiger partial charge < -0.3 is 10.0 Å². The van der Waals surface area contributed by atoms with Gasteiger partial charge in [-0.3, -0.25) is 4.90 Å². The van der Waals surface area contributed by atoms with Gasteiger partial charge in [-0.2, -0.15) is 5.26 Å². The zero-order chi connectivity index (χ0) is 17.2. The molecule has 4 rings (SSSR count). The Hall–Kier alpha value is -2.42. The summed E-state index contributed by atoms with van der Waals surface area (Å²) in [6, 6.07) is 14.2. The zero-order valence-corrected chi connectivity index (χ0v) is 14.2. The van der Waals surface area contributed by atoms with Gasteiger partial charge in [0, 0.05) is 38.4 Å².